The molecule has 0 saturated heterocycles. The zero-order valence-corrected chi connectivity index (χ0v) is 17.0. The smallest absolute Gasteiger partial charge is 0.412 e. The topological polar surface area (TPSA) is 94.2 Å². The molecule has 1 aliphatic rings. The van der Waals surface area contributed by atoms with Crippen molar-refractivity contribution < 1.29 is 28.6 Å². The predicted octanol–water partition coefficient (Wildman–Crippen LogP) is 3.35. The first-order valence-corrected chi connectivity index (χ1v) is 9.28. The van der Waals surface area contributed by atoms with Crippen molar-refractivity contribution in [2.75, 3.05) is 30.0 Å². The molecule has 1 heterocycles. The first kappa shape index (κ1) is 21.5. The van der Waals surface area contributed by atoms with E-state index in [-0.39, 0.29) is 19.1 Å². The van der Waals surface area contributed by atoms with Crippen LogP contribution in [0.5, 0.6) is 5.75 Å². The highest BCUT2D eigenvalue weighted by Gasteiger charge is 2.28. The summed E-state index contributed by atoms with van der Waals surface area (Å²) >= 11 is 0. The lowest BCUT2D eigenvalue weighted by molar-refractivity contribution is -0.143. The molecular formula is C20H28N2O6. The average Bonchev–Trinajstić information content (AvgIpc) is 2.55. The Labute approximate surface area is 165 Å². The highest BCUT2D eigenvalue weighted by molar-refractivity contribution is 6.02. The molecule has 1 aromatic rings. The van der Waals surface area contributed by atoms with E-state index in [1.54, 1.807) is 39.0 Å². The summed E-state index contributed by atoms with van der Waals surface area (Å²) in [5.74, 6) is 0.0134. The molecule has 0 saturated carbocycles. The van der Waals surface area contributed by atoms with Gasteiger partial charge in [0.25, 0.3) is 5.91 Å². The van der Waals surface area contributed by atoms with Crippen LogP contribution in [-0.4, -0.2) is 43.3 Å². The van der Waals surface area contributed by atoms with Crippen molar-refractivity contribution in [1.29, 1.82) is 0 Å². The first-order valence-electron chi connectivity index (χ1n) is 9.28. The number of esters is 1. The van der Waals surface area contributed by atoms with Crippen LogP contribution in [0.25, 0.3) is 0 Å². The van der Waals surface area contributed by atoms with E-state index in [1.165, 1.54) is 4.90 Å². The fourth-order valence-corrected chi connectivity index (χ4v) is 2.46. The number of fused-ring (bicyclic) bond motifs is 1. The van der Waals surface area contributed by atoms with Crippen LogP contribution >= 0.6 is 0 Å². The van der Waals surface area contributed by atoms with Crippen molar-refractivity contribution in [2.45, 2.75) is 46.6 Å². The van der Waals surface area contributed by atoms with Crippen molar-refractivity contribution in [3.05, 3.63) is 18.2 Å². The summed E-state index contributed by atoms with van der Waals surface area (Å²) < 4.78 is 15.8. The minimum atomic E-state index is -0.636. The Morgan fingerprint density at radius 3 is 2.64 bits per heavy atom. The Morgan fingerprint density at radius 2 is 2.00 bits per heavy atom. The van der Waals surface area contributed by atoms with Gasteiger partial charge >= 0.3 is 12.1 Å². The molecular weight excluding hydrogens is 364 g/mol. The fourth-order valence-electron chi connectivity index (χ4n) is 2.46. The molecule has 1 aliphatic heterocycles. The van der Waals surface area contributed by atoms with Gasteiger partial charge < -0.3 is 14.2 Å². The van der Waals surface area contributed by atoms with Crippen LogP contribution in [0.1, 0.15) is 41.0 Å². The van der Waals surface area contributed by atoms with Crippen LogP contribution in [0.15, 0.2) is 18.2 Å². The van der Waals surface area contributed by atoms with E-state index in [4.69, 9.17) is 14.2 Å². The van der Waals surface area contributed by atoms with E-state index >= 15 is 0 Å². The maximum atomic E-state index is 12.3. The summed E-state index contributed by atoms with van der Waals surface area (Å²) in [6.45, 7) is 9.29. The van der Waals surface area contributed by atoms with Crippen molar-refractivity contribution in [3.63, 3.8) is 0 Å². The van der Waals surface area contributed by atoms with Gasteiger partial charge in [-0.3, -0.25) is 19.8 Å². The van der Waals surface area contributed by atoms with Gasteiger partial charge in [-0.15, -0.1) is 0 Å². The number of benzene rings is 1. The minimum absolute atomic E-state index is 0.162. The first-order chi connectivity index (χ1) is 13.0. The van der Waals surface area contributed by atoms with Crippen molar-refractivity contribution in [1.82, 2.24) is 0 Å². The highest BCUT2D eigenvalue weighted by Crippen LogP contribution is 2.34. The zero-order valence-electron chi connectivity index (χ0n) is 17.0. The zero-order chi connectivity index (χ0) is 20.9. The third-order valence-corrected chi connectivity index (χ3v) is 3.79. The Kier molecular flexibility index (Phi) is 6.88. The molecule has 2 rings (SSSR count). The summed E-state index contributed by atoms with van der Waals surface area (Å²) in [6, 6.07) is 4.83. The van der Waals surface area contributed by atoms with Gasteiger partial charge in [-0.25, -0.2) is 4.79 Å². The molecule has 0 spiro atoms. The molecule has 0 fully saturated rings. The van der Waals surface area contributed by atoms with E-state index in [9.17, 15) is 14.4 Å². The molecule has 1 N–H and O–H groups in total. The average molecular weight is 392 g/mol. The predicted molar refractivity (Wildman–Crippen MR) is 105 cm³/mol. The van der Waals surface area contributed by atoms with E-state index in [1.807, 2.05) is 13.8 Å². The van der Waals surface area contributed by atoms with Gasteiger partial charge in [-0.2, -0.15) is 0 Å². The molecule has 0 bridgehead atoms. The van der Waals surface area contributed by atoms with E-state index < -0.39 is 17.7 Å². The van der Waals surface area contributed by atoms with Crippen LogP contribution in [0.4, 0.5) is 16.2 Å². The van der Waals surface area contributed by atoms with Crippen molar-refractivity contribution in [2.24, 2.45) is 5.92 Å². The van der Waals surface area contributed by atoms with Gasteiger partial charge in [-0.05, 0) is 51.3 Å². The molecule has 0 atom stereocenters. The van der Waals surface area contributed by atoms with Crippen LogP contribution in [0.3, 0.4) is 0 Å². The number of rotatable bonds is 6. The molecule has 154 valence electrons. The van der Waals surface area contributed by atoms with Crippen LogP contribution in [0.2, 0.25) is 0 Å². The lowest BCUT2D eigenvalue weighted by Gasteiger charge is -2.29. The van der Waals surface area contributed by atoms with Gasteiger partial charge in [0.2, 0.25) is 0 Å². The summed E-state index contributed by atoms with van der Waals surface area (Å²) in [5.41, 5.74) is 0.179. The second kappa shape index (κ2) is 8.95. The lowest BCUT2D eigenvalue weighted by atomic mass is 10.1. The summed E-state index contributed by atoms with van der Waals surface area (Å²) in [7, 11) is 0. The number of ether oxygens (including phenoxy) is 3. The van der Waals surface area contributed by atoms with Gasteiger partial charge in [0, 0.05) is 5.69 Å². The number of hydrogen-bond acceptors (Lipinski definition) is 6. The molecule has 0 aliphatic carbocycles. The van der Waals surface area contributed by atoms with Crippen molar-refractivity contribution >= 4 is 29.3 Å². The number of nitrogens with zero attached hydrogens (tertiary/aromatic N) is 1. The monoisotopic (exact) mass is 392 g/mol. The molecule has 0 unspecified atom stereocenters. The maximum absolute atomic E-state index is 12.3. The van der Waals surface area contributed by atoms with Gasteiger partial charge in [0.05, 0.1) is 12.3 Å². The van der Waals surface area contributed by atoms with E-state index in [0.29, 0.717) is 29.6 Å². The number of hydrogen-bond donors (Lipinski definition) is 1. The molecule has 1 aromatic carbocycles. The highest BCUT2D eigenvalue weighted by atomic mass is 16.6. The Balaban J connectivity index is 2.10. The largest absolute Gasteiger partial charge is 0.482 e. The minimum Gasteiger partial charge on any atom is -0.482 e. The third kappa shape index (κ3) is 6.44. The number of amides is 2. The summed E-state index contributed by atoms with van der Waals surface area (Å²) in [5, 5.41) is 2.61. The van der Waals surface area contributed by atoms with Gasteiger partial charge in [-0.1, -0.05) is 13.8 Å². The Hall–Kier alpha value is -2.77. The fraction of sp³-hybridized carbons (Fsp3) is 0.550. The SMILES string of the molecule is CC(C)CCOC(=O)CN1C(=O)COc2ccc(NC(=O)OC(C)(C)C)cc21. The molecule has 28 heavy (non-hydrogen) atoms. The Bertz CT molecular complexity index is 739. The summed E-state index contributed by atoms with van der Waals surface area (Å²) in [4.78, 5) is 37.7. The maximum Gasteiger partial charge on any atom is 0.412 e. The molecule has 2 amide bonds. The molecule has 8 heteroatoms. The van der Waals surface area contributed by atoms with E-state index in [0.717, 1.165) is 6.42 Å². The van der Waals surface area contributed by atoms with Crippen LogP contribution < -0.4 is 15.0 Å². The number of nitrogens with one attached hydrogen (secondary N) is 1. The molecule has 8 nitrogen and oxygen atoms in total. The molecule has 0 radical (unpaired) electrons. The Morgan fingerprint density at radius 1 is 1.29 bits per heavy atom. The second-order valence-corrected chi connectivity index (χ2v) is 7.98. The van der Waals surface area contributed by atoms with Gasteiger partial charge in [0.15, 0.2) is 6.61 Å². The van der Waals surface area contributed by atoms with Crippen LogP contribution in [-0.2, 0) is 19.1 Å². The van der Waals surface area contributed by atoms with E-state index in [2.05, 4.69) is 5.32 Å². The lowest BCUT2D eigenvalue weighted by Crippen LogP contribution is -2.42. The van der Waals surface area contributed by atoms with Gasteiger partial charge in [0.1, 0.15) is 17.9 Å². The normalized spacial score (nSPS) is 13.6. The number of carbonyl (C=O) groups excluding carboxylic acids is 3. The summed E-state index contributed by atoms with van der Waals surface area (Å²) in [6.07, 6.45) is 0.138. The second-order valence-electron chi connectivity index (χ2n) is 7.98. The molecule has 0 aromatic heterocycles. The van der Waals surface area contributed by atoms with Crippen LogP contribution in [0, 0.1) is 5.92 Å². The number of anilines is 2. The quantitative estimate of drug-likeness (QED) is 0.746. The third-order valence-electron chi connectivity index (χ3n) is 3.79. The number of carbonyl (C=O) groups is 3. The van der Waals surface area contributed by atoms with Crippen molar-refractivity contribution in [3.8, 4) is 5.75 Å². The standard InChI is InChI=1S/C20H28N2O6/c1-13(2)8-9-26-18(24)11-22-15-10-14(21-19(25)28-20(3,4)5)6-7-16(15)27-12-17(22)23/h6-7,10,13H,8-9,11-12H2,1-5H3,(H,21,25).